The molecule has 0 bridgehead atoms. The fourth-order valence-corrected chi connectivity index (χ4v) is 6.34. The summed E-state index contributed by atoms with van der Waals surface area (Å²) in [7, 11) is 1.36. The van der Waals surface area contributed by atoms with Gasteiger partial charge in [-0.05, 0) is 32.1 Å². The third kappa shape index (κ3) is 38.3. The summed E-state index contributed by atoms with van der Waals surface area (Å²) in [5.41, 5.74) is 0. The van der Waals surface area contributed by atoms with E-state index in [9.17, 15) is 14.3 Å². The van der Waals surface area contributed by atoms with Crippen LogP contribution < -0.4 is 4.89 Å². The molecule has 0 aromatic rings. The van der Waals surface area contributed by atoms with E-state index in [2.05, 4.69) is 26.0 Å². The van der Waals surface area contributed by atoms with Crippen molar-refractivity contribution < 1.29 is 37.3 Å². The molecule has 0 aliphatic carbocycles. The quantitative estimate of drug-likeness (QED) is 0.0206. The number of allylic oxidation sites excluding steroid dienone is 2. The molecule has 0 saturated carbocycles. The minimum atomic E-state index is -4.51. The third-order valence-corrected chi connectivity index (χ3v) is 9.76. The van der Waals surface area contributed by atoms with Gasteiger partial charge in [-0.1, -0.05) is 154 Å². The monoisotopic (exact) mass is 718 g/mol. The molecule has 0 aliphatic heterocycles. The molecular formula is C40H80NO7P. The number of quaternary nitrogens is 1. The lowest BCUT2D eigenvalue weighted by Gasteiger charge is -2.28. The molecule has 0 N–H and O–H groups in total. The highest BCUT2D eigenvalue weighted by Crippen LogP contribution is 2.38. The van der Waals surface area contributed by atoms with Crippen molar-refractivity contribution in [3.05, 3.63) is 12.2 Å². The van der Waals surface area contributed by atoms with Crippen LogP contribution in [0.15, 0.2) is 12.2 Å². The van der Waals surface area contributed by atoms with E-state index in [0.717, 1.165) is 51.4 Å². The van der Waals surface area contributed by atoms with Gasteiger partial charge in [-0.25, -0.2) is 0 Å². The Hall–Kier alpha value is -0.760. The summed E-state index contributed by atoms with van der Waals surface area (Å²) in [6.07, 6.45) is 35.1. The number of hydrogen-bond donors (Lipinski definition) is 0. The van der Waals surface area contributed by atoms with E-state index in [1.54, 1.807) is 0 Å². The van der Waals surface area contributed by atoms with Crippen LogP contribution in [0.2, 0.25) is 0 Å². The lowest BCUT2D eigenvalue weighted by Crippen LogP contribution is -2.37. The topological polar surface area (TPSA) is 94.1 Å². The molecule has 0 rings (SSSR count). The Balaban J connectivity index is 4.18. The van der Waals surface area contributed by atoms with Crippen LogP contribution in [0.4, 0.5) is 0 Å². The van der Waals surface area contributed by atoms with E-state index in [1.807, 2.05) is 21.1 Å². The highest BCUT2D eigenvalue weighted by molar-refractivity contribution is 7.45. The zero-order chi connectivity index (χ0) is 36.3. The summed E-state index contributed by atoms with van der Waals surface area (Å²) in [5.74, 6) is -0.343. The second kappa shape index (κ2) is 34.3. The second-order valence-corrected chi connectivity index (χ2v) is 16.4. The number of carbonyl (C=O) groups is 1. The van der Waals surface area contributed by atoms with Crippen molar-refractivity contribution in [3.63, 3.8) is 0 Å². The first-order valence-corrected chi connectivity index (χ1v) is 21.9. The maximum absolute atomic E-state index is 12.6. The molecule has 0 spiro atoms. The van der Waals surface area contributed by atoms with Gasteiger partial charge < -0.3 is 27.9 Å². The Bertz CT molecular complexity index is 802. The summed E-state index contributed by atoms with van der Waals surface area (Å²) in [6.45, 7) is 5.36. The molecule has 0 aromatic carbocycles. The minimum absolute atomic E-state index is 0.0273. The van der Waals surface area contributed by atoms with Gasteiger partial charge in [0.2, 0.25) is 0 Å². The van der Waals surface area contributed by atoms with E-state index < -0.39 is 13.9 Å². The summed E-state index contributed by atoms with van der Waals surface area (Å²) in [4.78, 5) is 24.9. The van der Waals surface area contributed by atoms with E-state index in [1.165, 1.54) is 109 Å². The Morgan fingerprint density at radius 2 is 1.10 bits per heavy atom. The first-order chi connectivity index (χ1) is 23.6. The number of ether oxygens (including phenoxy) is 2. The smallest absolute Gasteiger partial charge is 0.306 e. The lowest BCUT2D eigenvalue weighted by molar-refractivity contribution is -0.870. The molecular weight excluding hydrogens is 637 g/mol. The number of carbonyl (C=O) groups excluding carboxylic acids is 1. The van der Waals surface area contributed by atoms with E-state index in [-0.39, 0.29) is 25.8 Å². The molecule has 292 valence electrons. The molecule has 0 amide bonds. The van der Waals surface area contributed by atoms with Gasteiger partial charge in [0.25, 0.3) is 7.82 Å². The van der Waals surface area contributed by atoms with Crippen molar-refractivity contribution in [2.45, 2.75) is 187 Å². The van der Waals surface area contributed by atoms with Crippen LogP contribution in [-0.4, -0.2) is 70.7 Å². The first-order valence-electron chi connectivity index (χ1n) is 20.4. The Morgan fingerprint density at radius 3 is 1.63 bits per heavy atom. The molecule has 0 heterocycles. The number of unbranched alkanes of at least 4 members (excludes halogenated alkanes) is 22. The number of hydrogen-bond acceptors (Lipinski definition) is 7. The lowest BCUT2D eigenvalue weighted by atomic mass is 10.0. The Kier molecular flexibility index (Phi) is 33.8. The number of esters is 1. The Morgan fingerprint density at radius 1 is 0.612 bits per heavy atom. The first kappa shape index (κ1) is 48.2. The molecule has 0 aliphatic rings. The summed E-state index contributed by atoms with van der Waals surface area (Å²) in [5, 5.41) is 0. The summed E-state index contributed by atoms with van der Waals surface area (Å²) in [6, 6.07) is 0. The fraction of sp³-hybridized carbons (Fsp3) is 0.925. The molecule has 0 radical (unpaired) electrons. The largest absolute Gasteiger partial charge is 0.756 e. The van der Waals surface area contributed by atoms with E-state index in [4.69, 9.17) is 18.5 Å². The molecule has 2 unspecified atom stereocenters. The molecule has 9 heteroatoms. The van der Waals surface area contributed by atoms with Crippen LogP contribution in [0.5, 0.6) is 0 Å². The summed E-state index contributed by atoms with van der Waals surface area (Å²) < 4.78 is 34.5. The standard InChI is InChI=1S/C40H80NO7P/c1-6-8-10-12-14-16-18-19-20-21-22-23-24-26-28-30-32-35-45-37-39(38-47-49(43,44)46-36-34-41(3,4)5)48-40(42)33-31-29-27-25-17-15-13-11-9-7-2/h11,13,39H,6-10,12,14-38H2,1-5H3/b13-11-. The Labute approximate surface area is 303 Å². The highest BCUT2D eigenvalue weighted by atomic mass is 31.2. The van der Waals surface area contributed by atoms with Crippen molar-refractivity contribution in [2.24, 2.45) is 0 Å². The van der Waals surface area contributed by atoms with Gasteiger partial charge >= 0.3 is 5.97 Å². The molecule has 0 aromatic heterocycles. The maximum atomic E-state index is 12.6. The van der Waals surface area contributed by atoms with E-state index in [0.29, 0.717) is 24.1 Å². The number of rotatable bonds is 38. The average molecular weight is 718 g/mol. The van der Waals surface area contributed by atoms with Crippen molar-refractivity contribution in [3.8, 4) is 0 Å². The number of nitrogens with zero attached hydrogens (tertiary/aromatic N) is 1. The average Bonchev–Trinajstić information content (AvgIpc) is 3.04. The molecule has 0 fully saturated rings. The molecule has 2 atom stereocenters. The van der Waals surface area contributed by atoms with Gasteiger partial charge in [0.05, 0.1) is 34.4 Å². The van der Waals surface area contributed by atoms with Crippen molar-refractivity contribution >= 4 is 13.8 Å². The molecule has 0 saturated heterocycles. The van der Waals surface area contributed by atoms with E-state index >= 15 is 0 Å². The van der Waals surface area contributed by atoms with Crippen LogP contribution in [0, 0.1) is 0 Å². The van der Waals surface area contributed by atoms with Crippen LogP contribution >= 0.6 is 7.82 Å². The number of likely N-dealkylation sites (N-methyl/N-ethyl adjacent to an activating group) is 1. The predicted octanol–water partition coefficient (Wildman–Crippen LogP) is 10.9. The minimum Gasteiger partial charge on any atom is -0.756 e. The van der Waals surface area contributed by atoms with Gasteiger partial charge in [0.15, 0.2) is 0 Å². The van der Waals surface area contributed by atoms with Crippen LogP contribution in [-0.2, 0) is 27.9 Å². The predicted molar refractivity (Wildman–Crippen MR) is 204 cm³/mol. The number of phosphoric acid groups is 1. The van der Waals surface area contributed by atoms with Crippen molar-refractivity contribution in [2.75, 3.05) is 54.1 Å². The summed E-state index contributed by atoms with van der Waals surface area (Å²) >= 11 is 0. The van der Waals surface area contributed by atoms with Gasteiger partial charge in [-0.15, -0.1) is 0 Å². The van der Waals surface area contributed by atoms with Crippen LogP contribution in [0.3, 0.4) is 0 Å². The highest BCUT2D eigenvalue weighted by Gasteiger charge is 2.20. The van der Waals surface area contributed by atoms with Gasteiger partial charge in [0.1, 0.15) is 19.3 Å². The third-order valence-electron chi connectivity index (χ3n) is 8.80. The van der Waals surface area contributed by atoms with Gasteiger partial charge in [-0.2, -0.15) is 0 Å². The normalized spacial score (nSPS) is 14.0. The fourth-order valence-electron chi connectivity index (χ4n) is 5.61. The molecule has 8 nitrogen and oxygen atoms in total. The van der Waals surface area contributed by atoms with Crippen LogP contribution in [0.25, 0.3) is 0 Å². The SMILES string of the molecule is CCC/C=C\CCCCCCCC(=O)OC(COCCCCCCCCCCCCCCCCCCC)COP(=O)([O-])OCC[N+](C)(C)C. The van der Waals surface area contributed by atoms with Gasteiger partial charge in [0, 0.05) is 13.0 Å². The zero-order valence-electron chi connectivity index (χ0n) is 32.9. The van der Waals surface area contributed by atoms with Crippen molar-refractivity contribution in [1.29, 1.82) is 0 Å². The van der Waals surface area contributed by atoms with Crippen molar-refractivity contribution in [1.82, 2.24) is 0 Å². The number of phosphoric ester groups is 1. The van der Waals surface area contributed by atoms with Gasteiger partial charge in [-0.3, -0.25) is 9.36 Å². The maximum Gasteiger partial charge on any atom is 0.306 e. The second-order valence-electron chi connectivity index (χ2n) is 15.0. The van der Waals surface area contributed by atoms with Crippen LogP contribution in [0.1, 0.15) is 181 Å². The zero-order valence-corrected chi connectivity index (χ0v) is 33.8. The molecule has 49 heavy (non-hydrogen) atoms.